The molecule has 0 amide bonds. The third-order valence-corrected chi connectivity index (χ3v) is 3.22. The molecule has 0 saturated heterocycles. The lowest BCUT2D eigenvalue weighted by Gasteiger charge is -2.13. The van der Waals surface area contributed by atoms with Gasteiger partial charge in [-0.25, -0.2) is 0 Å². The number of carbonyl (C=O) groups is 1. The van der Waals surface area contributed by atoms with E-state index in [-0.39, 0.29) is 5.69 Å². The second-order valence-electron chi connectivity index (χ2n) is 3.11. The van der Waals surface area contributed by atoms with E-state index in [4.69, 9.17) is 5.11 Å². The first kappa shape index (κ1) is 15.5. The number of aromatic nitrogens is 1. The van der Waals surface area contributed by atoms with Crippen LogP contribution in [0.3, 0.4) is 0 Å². The Morgan fingerprint density at radius 2 is 2.11 bits per heavy atom. The summed E-state index contributed by atoms with van der Waals surface area (Å²) in [5, 5.41) is 8.94. The number of carboxylic acid groups (broad SMARTS) is 1. The number of hydrogen-bond acceptors (Lipinski definition) is 3. The van der Waals surface area contributed by atoms with Gasteiger partial charge in [0.2, 0.25) is 0 Å². The van der Waals surface area contributed by atoms with Crippen molar-refractivity contribution in [2.75, 3.05) is 0 Å². The van der Waals surface area contributed by atoms with Crippen LogP contribution >= 0.6 is 38.5 Å². The number of nitrogens with zero attached hydrogens (tertiary/aromatic N) is 1. The number of halogens is 5. The molecule has 1 aromatic rings. The molecule has 1 N–H and O–H groups in total. The Balaban J connectivity index is 3.20. The van der Waals surface area contributed by atoms with Gasteiger partial charge < -0.3 is 9.84 Å². The first-order valence-electron chi connectivity index (χ1n) is 4.44. The normalized spacial score (nSPS) is 11.4. The van der Waals surface area contributed by atoms with Gasteiger partial charge in [0.05, 0.1) is 17.8 Å². The molecular weight excluding hydrogens is 434 g/mol. The number of hydrogen-bond donors (Lipinski definition) is 1. The van der Waals surface area contributed by atoms with E-state index < -0.39 is 24.5 Å². The van der Waals surface area contributed by atoms with Crippen molar-refractivity contribution in [1.82, 2.24) is 4.98 Å². The van der Waals surface area contributed by atoms with Gasteiger partial charge in [-0.15, -0.1) is 13.2 Å². The highest BCUT2D eigenvalue weighted by Gasteiger charge is 2.33. The van der Waals surface area contributed by atoms with Crippen LogP contribution < -0.4 is 4.74 Å². The zero-order valence-corrected chi connectivity index (χ0v) is 12.3. The quantitative estimate of drug-likeness (QED) is 0.578. The Morgan fingerprint density at radius 1 is 1.50 bits per heavy atom. The van der Waals surface area contributed by atoms with Crippen molar-refractivity contribution in [1.29, 1.82) is 0 Å². The molecule has 1 rings (SSSR count). The van der Waals surface area contributed by atoms with Gasteiger partial charge in [0.25, 0.3) is 0 Å². The zero-order chi connectivity index (χ0) is 13.9. The molecule has 0 aliphatic carbocycles. The highest BCUT2D eigenvalue weighted by molar-refractivity contribution is 14.1. The highest BCUT2D eigenvalue weighted by Crippen LogP contribution is 2.29. The lowest BCUT2D eigenvalue weighted by atomic mass is 10.2. The number of rotatable bonds is 4. The monoisotopic (exact) mass is 439 g/mol. The summed E-state index contributed by atoms with van der Waals surface area (Å²) in [7, 11) is 0. The van der Waals surface area contributed by atoms with E-state index in [9.17, 15) is 18.0 Å². The van der Waals surface area contributed by atoms with Crippen LogP contribution in [-0.2, 0) is 16.5 Å². The van der Waals surface area contributed by atoms with Crippen molar-refractivity contribution in [3.8, 4) is 5.75 Å². The molecule has 18 heavy (non-hydrogen) atoms. The Labute approximate surface area is 122 Å². The smallest absolute Gasteiger partial charge is 0.481 e. The molecule has 9 heteroatoms. The molecule has 0 bridgehead atoms. The SMILES string of the molecule is O=C(O)Cc1nc(CBr)c(I)cc1OC(F)(F)F. The van der Waals surface area contributed by atoms with Crippen LogP contribution in [-0.4, -0.2) is 22.4 Å². The van der Waals surface area contributed by atoms with Gasteiger partial charge in [-0.3, -0.25) is 9.78 Å². The minimum Gasteiger partial charge on any atom is -0.481 e. The van der Waals surface area contributed by atoms with Crippen molar-refractivity contribution >= 4 is 44.5 Å². The summed E-state index contributed by atoms with van der Waals surface area (Å²) in [4.78, 5) is 14.4. The van der Waals surface area contributed by atoms with Crippen LogP contribution in [0.4, 0.5) is 13.2 Å². The number of aliphatic carboxylic acids is 1. The molecule has 100 valence electrons. The van der Waals surface area contributed by atoms with Crippen molar-refractivity contribution in [2.24, 2.45) is 0 Å². The molecule has 0 aliphatic rings. The number of carboxylic acids is 1. The zero-order valence-electron chi connectivity index (χ0n) is 8.59. The molecule has 1 aromatic heterocycles. The summed E-state index contributed by atoms with van der Waals surface area (Å²) in [6.07, 6.45) is -5.52. The molecule has 4 nitrogen and oxygen atoms in total. The second-order valence-corrected chi connectivity index (χ2v) is 4.84. The summed E-state index contributed by atoms with van der Waals surface area (Å²) in [6.45, 7) is 0. The van der Waals surface area contributed by atoms with Gasteiger partial charge in [0.1, 0.15) is 0 Å². The predicted octanol–water partition coefficient (Wildman–Crippen LogP) is 3.11. The highest BCUT2D eigenvalue weighted by atomic mass is 127. The average molecular weight is 440 g/mol. The van der Waals surface area contributed by atoms with E-state index in [1.807, 2.05) is 0 Å². The maximum Gasteiger partial charge on any atom is 0.573 e. The van der Waals surface area contributed by atoms with E-state index in [1.165, 1.54) is 0 Å². The summed E-state index contributed by atoms with van der Waals surface area (Å²) in [5.41, 5.74) is 0.205. The maximum atomic E-state index is 12.2. The van der Waals surface area contributed by atoms with Crippen LogP contribution in [0, 0.1) is 3.57 Å². The molecule has 0 spiro atoms. The van der Waals surface area contributed by atoms with Crippen LogP contribution in [0.1, 0.15) is 11.4 Å². The molecule has 0 unspecified atom stereocenters. The van der Waals surface area contributed by atoms with Crippen LogP contribution in [0.2, 0.25) is 0 Å². The second kappa shape index (κ2) is 6.04. The van der Waals surface area contributed by atoms with E-state index in [1.54, 1.807) is 22.6 Å². The van der Waals surface area contributed by atoms with Gasteiger partial charge >= 0.3 is 12.3 Å². The molecule has 0 aliphatic heterocycles. The fraction of sp³-hybridized carbons (Fsp3) is 0.333. The lowest BCUT2D eigenvalue weighted by molar-refractivity contribution is -0.275. The standard InChI is InChI=1S/C9H6BrF3INO3/c10-3-6-4(14)1-7(18-9(11,12)13)5(15-6)2-8(16)17/h1H,2-3H2,(H,16,17). The minimum atomic E-state index is -4.88. The largest absolute Gasteiger partial charge is 0.573 e. The van der Waals surface area contributed by atoms with Gasteiger partial charge in [-0.1, -0.05) is 15.9 Å². The summed E-state index contributed by atoms with van der Waals surface area (Å²) in [6, 6.07) is 1.12. The fourth-order valence-corrected chi connectivity index (χ4v) is 2.68. The predicted molar refractivity (Wildman–Crippen MR) is 67.6 cm³/mol. The van der Waals surface area contributed by atoms with Gasteiger partial charge in [0, 0.05) is 8.90 Å². The van der Waals surface area contributed by atoms with Crippen molar-refractivity contribution in [2.45, 2.75) is 18.1 Å². The lowest BCUT2D eigenvalue weighted by Crippen LogP contribution is -2.20. The van der Waals surface area contributed by atoms with Crippen molar-refractivity contribution in [3.05, 3.63) is 21.0 Å². The van der Waals surface area contributed by atoms with Crippen molar-refractivity contribution in [3.63, 3.8) is 0 Å². The van der Waals surface area contributed by atoms with E-state index in [2.05, 4.69) is 25.7 Å². The first-order chi connectivity index (χ1) is 8.23. The fourth-order valence-electron chi connectivity index (χ4n) is 1.13. The molecule has 0 fully saturated rings. The number of pyridine rings is 1. The first-order valence-corrected chi connectivity index (χ1v) is 6.64. The van der Waals surface area contributed by atoms with Crippen LogP contribution in [0.25, 0.3) is 0 Å². The summed E-state index contributed by atoms with van der Waals surface area (Å²) in [5.74, 6) is -1.87. The summed E-state index contributed by atoms with van der Waals surface area (Å²) < 4.78 is 40.7. The van der Waals surface area contributed by atoms with Gasteiger partial charge in [0.15, 0.2) is 5.75 Å². The maximum absolute atomic E-state index is 12.2. The van der Waals surface area contributed by atoms with Crippen molar-refractivity contribution < 1.29 is 27.8 Å². The number of alkyl halides is 4. The topological polar surface area (TPSA) is 59.4 Å². The van der Waals surface area contributed by atoms with Crippen LogP contribution in [0.5, 0.6) is 5.75 Å². The molecule has 1 heterocycles. The molecule has 0 aromatic carbocycles. The average Bonchev–Trinajstić information content (AvgIpc) is 2.19. The third-order valence-electron chi connectivity index (χ3n) is 1.76. The van der Waals surface area contributed by atoms with Gasteiger partial charge in [-0.2, -0.15) is 0 Å². The van der Waals surface area contributed by atoms with E-state index in [0.29, 0.717) is 14.6 Å². The third kappa shape index (κ3) is 4.59. The Hall–Kier alpha value is -0.580. The Bertz CT molecular complexity index is 467. The Morgan fingerprint density at radius 3 is 2.56 bits per heavy atom. The molecule has 0 saturated carbocycles. The van der Waals surface area contributed by atoms with Crippen LogP contribution in [0.15, 0.2) is 6.07 Å². The number of ether oxygens (including phenoxy) is 1. The molecular formula is C9H6BrF3INO3. The van der Waals surface area contributed by atoms with E-state index >= 15 is 0 Å². The Kier molecular flexibility index (Phi) is 5.20. The summed E-state index contributed by atoms with van der Waals surface area (Å²) >= 11 is 4.92. The minimum absolute atomic E-state index is 0.255. The molecule has 0 atom stereocenters. The molecule has 0 radical (unpaired) electrons. The van der Waals surface area contributed by atoms with E-state index in [0.717, 1.165) is 6.07 Å². The van der Waals surface area contributed by atoms with Gasteiger partial charge in [-0.05, 0) is 28.7 Å².